The fraction of sp³-hybridized carbons (Fsp3) is 0.370. The molecule has 2 atom stereocenters. The Balaban J connectivity index is 1.50. The lowest BCUT2D eigenvalue weighted by atomic mass is 10.0. The summed E-state index contributed by atoms with van der Waals surface area (Å²) >= 11 is 0. The maximum absolute atomic E-state index is 13.1. The molecule has 1 fully saturated rings. The van der Waals surface area contributed by atoms with E-state index in [-0.39, 0.29) is 5.91 Å². The number of hydrogen-bond donors (Lipinski definition) is 2. The minimum absolute atomic E-state index is 0.0195. The van der Waals surface area contributed by atoms with Crippen LogP contribution in [0.25, 0.3) is 16.9 Å². The second kappa shape index (κ2) is 9.97. The van der Waals surface area contributed by atoms with Crippen LogP contribution < -0.4 is 10.2 Å². The van der Waals surface area contributed by atoms with E-state index in [0.29, 0.717) is 0 Å². The van der Waals surface area contributed by atoms with Gasteiger partial charge in [-0.15, -0.1) is 0 Å². The first kappa shape index (κ1) is 21.4. The predicted molar refractivity (Wildman–Crippen MR) is 127 cm³/mol. The van der Waals surface area contributed by atoms with Gasteiger partial charge >= 0.3 is 0 Å². The van der Waals surface area contributed by atoms with Gasteiger partial charge < -0.3 is 14.8 Å². The molecule has 3 aromatic rings. The molecule has 0 spiro atoms. The van der Waals surface area contributed by atoms with Gasteiger partial charge in [0.2, 0.25) is 0 Å². The zero-order chi connectivity index (χ0) is 21.6. The molecule has 4 rings (SSSR count). The topological polar surface area (TPSA) is 38.5 Å². The quantitative estimate of drug-likeness (QED) is 0.561. The number of para-hydroxylation sites is 1. The summed E-state index contributed by atoms with van der Waals surface area (Å²) in [5.41, 5.74) is 4.94. The largest absolute Gasteiger partial charge is 0.352 e. The number of amides is 1. The van der Waals surface area contributed by atoms with Crippen LogP contribution in [0.1, 0.15) is 48.7 Å². The molecule has 4 heteroatoms. The second-order valence-corrected chi connectivity index (χ2v) is 8.73. The summed E-state index contributed by atoms with van der Waals surface area (Å²) in [6.07, 6.45) is 5.05. The van der Waals surface area contributed by atoms with E-state index in [0.717, 1.165) is 53.8 Å². The first-order chi connectivity index (χ1) is 15.1. The Morgan fingerprint density at radius 1 is 1.06 bits per heavy atom. The third-order valence-electron chi connectivity index (χ3n) is 6.62. The molecule has 1 amide bonds. The lowest BCUT2D eigenvalue weighted by Crippen LogP contribution is -3.16. The summed E-state index contributed by atoms with van der Waals surface area (Å²) in [5.74, 6) is 0.0195. The van der Waals surface area contributed by atoms with Crippen LogP contribution in [-0.4, -0.2) is 36.2 Å². The van der Waals surface area contributed by atoms with Crippen molar-refractivity contribution in [3.8, 4) is 16.9 Å². The number of carbonyl (C=O) groups excluding carboxylic acids is 1. The third-order valence-corrected chi connectivity index (χ3v) is 6.62. The van der Waals surface area contributed by atoms with Gasteiger partial charge in [-0.1, -0.05) is 48.5 Å². The SMILES string of the molecule is Cc1c(C(=O)NCCC[NH+]2CCCC[C@@H]2C)cc(-c2ccccc2)n1-c1ccccc1. The van der Waals surface area contributed by atoms with Gasteiger partial charge in [0, 0.05) is 24.3 Å². The maximum Gasteiger partial charge on any atom is 0.253 e. The maximum atomic E-state index is 13.1. The minimum Gasteiger partial charge on any atom is -0.352 e. The van der Waals surface area contributed by atoms with E-state index in [9.17, 15) is 4.79 Å². The summed E-state index contributed by atoms with van der Waals surface area (Å²) in [4.78, 5) is 14.8. The molecule has 2 N–H and O–H groups in total. The van der Waals surface area contributed by atoms with Gasteiger partial charge in [-0.3, -0.25) is 4.79 Å². The van der Waals surface area contributed by atoms with Gasteiger partial charge in [-0.25, -0.2) is 0 Å². The lowest BCUT2D eigenvalue weighted by Gasteiger charge is -2.30. The molecule has 2 heterocycles. The fourth-order valence-electron chi connectivity index (χ4n) is 4.80. The molecule has 1 unspecified atom stereocenters. The highest BCUT2D eigenvalue weighted by atomic mass is 16.1. The van der Waals surface area contributed by atoms with Crippen molar-refractivity contribution in [1.29, 1.82) is 0 Å². The number of likely N-dealkylation sites (tertiary alicyclic amines) is 1. The van der Waals surface area contributed by atoms with E-state index in [1.165, 1.54) is 25.8 Å². The number of piperidine rings is 1. The fourth-order valence-corrected chi connectivity index (χ4v) is 4.80. The molecule has 2 aromatic carbocycles. The van der Waals surface area contributed by atoms with Crippen LogP contribution in [0.3, 0.4) is 0 Å². The van der Waals surface area contributed by atoms with Crippen LogP contribution in [0.2, 0.25) is 0 Å². The molecule has 0 radical (unpaired) electrons. The normalized spacial score (nSPS) is 18.6. The van der Waals surface area contributed by atoms with E-state index in [2.05, 4.69) is 41.1 Å². The van der Waals surface area contributed by atoms with E-state index < -0.39 is 0 Å². The molecule has 1 aliphatic rings. The Bertz CT molecular complexity index is 994. The Labute approximate surface area is 185 Å². The molecule has 4 nitrogen and oxygen atoms in total. The Kier molecular flexibility index (Phi) is 6.88. The Hall–Kier alpha value is -2.85. The van der Waals surface area contributed by atoms with E-state index >= 15 is 0 Å². The lowest BCUT2D eigenvalue weighted by molar-refractivity contribution is -0.928. The number of nitrogens with zero attached hydrogens (tertiary/aromatic N) is 1. The summed E-state index contributed by atoms with van der Waals surface area (Å²) in [6, 6.07) is 23.3. The first-order valence-electron chi connectivity index (χ1n) is 11.6. The smallest absolute Gasteiger partial charge is 0.253 e. The molecular weight excluding hydrogens is 382 g/mol. The zero-order valence-corrected chi connectivity index (χ0v) is 18.7. The van der Waals surface area contributed by atoms with Crippen molar-refractivity contribution >= 4 is 5.91 Å². The number of quaternary nitrogens is 1. The van der Waals surface area contributed by atoms with Crippen LogP contribution in [0.4, 0.5) is 0 Å². The van der Waals surface area contributed by atoms with Crippen molar-refractivity contribution in [3.05, 3.63) is 78.0 Å². The monoisotopic (exact) mass is 416 g/mol. The summed E-state index contributed by atoms with van der Waals surface area (Å²) in [7, 11) is 0. The van der Waals surface area contributed by atoms with Crippen molar-refractivity contribution in [3.63, 3.8) is 0 Å². The molecule has 0 aliphatic carbocycles. The highest BCUT2D eigenvalue weighted by molar-refractivity contribution is 5.97. The molecule has 0 bridgehead atoms. The van der Waals surface area contributed by atoms with Crippen LogP contribution in [0.5, 0.6) is 0 Å². The van der Waals surface area contributed by atoms with Gasteiger partial charge in [0.05, 0.1) is 30.4 Å². The van der Waals surface area contributed by atoms with Crippen LogP contribution in [0.15, 0.2) is 66.7 Å². The van der Waals surface area contributed by atoms with Gasteiger partial charge in [-0.2, -0.15) is 0 Å². The first-order valence-corrected chi connectivity index (χ1v) is 11.6. The second-order valence-electron chi connectivity index (χ2n) is 8.73. The van der Waals surface area contributed by atoms with E-state index in [1.54, 1.807) is 4.90 Å². The van der Waals surface area contributed by atoms with Gasteiger partial charge in [0.1, 0.15) is 0 Å². The van der Waals surface area contributed by atoms with Crippen LogP contribution in [0, 0.1) is 6.92 Å². The van der Waals surface area contributed by atoms with Crippen molar-refractivity contribution in [2.24, 2.45) is 0 Å². The average molecular weight is 417 g/mol. The van der Waals surface area contributed by atoms with E-state index in [1.807, 2.05) is 49.4 Å². The van der Waals surface area contributed by atoms with Gasteiger partial charge in [0.15, 0.2) is 0 Å². The number of rotatable bonds is 7. The summed E-state index contributed by atoms with van der Waals surface area (Å²) in [6.45, 7) is 7.53. The van der Waals surface area contributed by atoms with Crippen molar-refractivity contribution in [2.45, 2.75) is 45.6 Å². The highest BCUT2D eigenvalue weighted by Crippen LogP contribution is 2.29. The zero-order valence-electron chi connectivity index (χ0n) is 18.7. The number of benzene rings is 2. The third kappa shape index (κ3) is 4.91. The van der Waals surface area contributed by atoms with Crippen molar-refractivity contribution in [2.75, 3.05) is 19.6 Å². The van der Waals surface area contributed by atoms with Crippen molar-refractivity contribution in [1.82, 2.24) is 9.88 Å². The molecule has 0 saturated carbocycles. The Morgan fingerprint density at radius 3 is 2.48 bits per heavy atom. The average Bonchev–Trinajstić information content (AvgIpc) is 3.16. The Morgan fingerprint density at radius 2 is 1.77 bits per heavy atom. The standard InChI is InChI=1S/C27H33N3O/c1-21-12-9-10-18-29(21)19-11-17-28-27(31)25-20-26(23-13-5-3-6-14-23)30(22(25)2)24-15-7-4-8-16-24/h3-8,13-16,20-21H,9-12,17-19H2,1-2H3,(H,28,31)/p+1/t21-/m0/s1. The highest BCUT2D eigenvalue weighted by Gasteiger charge is 2.22. The number of aromatic nitrogens is 1. The van der Waals surface area contributed by atoms with Crippen molar-refractivity contribution < 1.29 is 9.69 Å². The molecular formula is C27H34N3O+. The van der Waals surface area contributed by atoms with Crippen LogP contribution in [-0.2, 0) is 0 Å². The summed E-state index contributed by atoms with van der Waals surface area (Å²) in [5, 5.41) is 3.17. The van der Waals surface area contributed by atoms with Gasteiger partial charge in [-0.05, 0) is 56.9 Å². The molecule has 1 aliphatic heterocycles. The predicted octanol–water partition coefficient (Wildman–Crippen LogP) is 4.03. The number of hydrogen-bond acceptors (Lipinski definition) is 1. The van der Waals surface area contributed by atoms with Crippen LogP contribution >= 0.6 is 0 Å². The number of carbonyl (C=O) groups is 1. The molecule has 1 aromatic heterocycles. The molecule has 31 heavy (non-hydrogen) atoms. The molecule has 1 saturated heterocycles. The number of nitrogens with one attached hydrogen (secondary N) is 2. The minimum atomic E-state index is 0.0195. The molecule has 162 valence electrons. The summed E-state index contributed by atoms with van der Waals surface area (Å²) < 4.78 is 2.18. The van der Waals surface area contributed by atoms with E-state index in [4.69, 9.17) is 0 Å². The van der Waals surface area contributed by atoms with Gasteiger partial charge in [0.25, 0.3) is 5.91 Å².